The van der Waals surface area contributed by atoms with Gasteiger partial charge in [-0.15, -0.1) is 0 Å². The van der Waals surface area contributed by atoms with Crippen molar-refractivity contribution in [1.29, 1.82) is 0 Å². The summed E-state index contributed by atoms with van der Waals surface area (Å²) in [6.45, 7) is 4.30. The summed E-state index contributed by atoms with van der Waals surface area (Å²) in [6, 6.07) is 10.9. The van der Waals surface area contributed by atoms with Gasteiger partial charge in [0.25, 0.3) is 0 Å². The third-order valence-corrected chi connectivity index (χ3v) is 7.35. The number of nitrogens with zero attached hydrogens (tertiary/aromatic N) is 2. The maximum atomic E-state index is 13.3. The molecule has 8 nitrogen and oxygen atoms in total. The quantitative estimate of drug-likeness (QED) is 0.391. The van der Waals surface area contributed by atoms with Gasteiger partial charge in [0.1, 0.15) is 11.8 Å². The van der Waals surface area contributed by atoms with E-state index in [1.807, 2.05) is 6.92 Å². The van der Waals surface area contributed by atoms with Crippen LogP contribution in [-0.4, -0.2) is 57.6 Å². The smallest absolute Gasteiger partial charge is 0.242 e. The molecule has 0 aromatic heterocycles. The van der Waals surface area contributed by atoms with Crippen LogP contribution in [0.4, 0.5) is 5.69 Å². The molecule has 0 saturated heterocycles. The monoisotopic (exact) mass is 557 g/mol. The van der Waals surface area contributed by atoms with Crippen LogP contribution in [0.5, 0.6) is 5.75 Å². The van der Waals surface area contributed by atoms with Crippen molar-refractivity contribution >= 4 is 50.7 Å². The van der Waals surface area contributed by atoms with Gasteiger partial charge in [0.2, 0.25) is 21.8 Å². The van der Waals surface area contributed by atoms with Crippen LogP contribution < -0.4 is 14.4 Å². The number of methoxy groups -OCH3 is 1. The van der Waals surface area contributed by atoms with Gasteiger partial charge in [-0.1, -0.05) is 42.3 Å². The predicted octanol–water partition coefficient (Wildman–Crippen LogP) is 4.49. The summed E-state index contributed by atoms with van der Waals surface area (Å²) >= 11 is 12.3. The van der Waals surface area contributed by atoms with Crippen molar-refractivity contribution in [3.8, 4) is 5.75 Å². The fourth-order valence-corrected chi connectivity index (χ4v) is 5.01. The fraction of sp³-hybridized carbons (Fsp3) is 0.440. The van der Waals surface area contributed by atoms with Crippen molar-refractivity contribution in [2.45, 2.75) is 45.7 Å². The minimum Gasteiger partial charge on any atom is -0.497 e. The first kappa shape index (κ1) is 29.7. The minimum atomic E-state index is -3.60. The number of rotatable bonds is 13. The summed E-state index contributed by atoms with van der Waals surface area (Å²) in [7, 11) is -2.10. The second-order valence-corrected chi connectivity index (χ2v) is 11.1. The molecular weight excluding hydrogens is 525 g/mol. The van der Waals surface area contributed by atoms with Gasteiger partial charge in [-0.2, -0.15) is 0 Å². The summed E-state index contributed by atoms with van der Waals surface area (Å²) < 4.78 is 31.4. The van der Waals surface area contributed by atoms with Gasteiger partial charge in [-0.25, -0.2) is 8.42 Å². The van der Waals surface area contributed by atoms with Gasteiger partial charge in [-0.05, 0) is 49.6 Å². The molecule has 2 aromatic rings. The second kappa shape index (κ2) is 13.7. The average molecular weight is 559 g/mol. The molecule has 0 aliphatic rings. The largest absolute Gasteiger partial charge is 0.497 e. The molecule has 1 N–H and O–H groups in total. The van der Waals surface area contributed by atoms with E-state index in [-0.39, 0.29) is 37.7 Å². The molecule has 0 spiro atoms. The summed E-state index contributed by atoms with van der Waals surface area (Å²) in [4.78, 5) is 27.4. The van der Waals surface area contributed by atoms with E-state index >= 15 is 0 Å². The first-order valence-corrected chi connectivity index (χ1v) is 14.2. The molecule has 0 unspecified atom stereocenters. The molecular formula is C25H33Cl2N3O5S. The van der Waals surface area contributed by atoms with E-state index in [1.165, 1.54) is 16.3 Å². The molecule has 0 saturated carbocycles. The Morgan fingerprint density at radius 1 is 1.14 bits per heavy atom. The molecule has 0 heterocycles. The van der Waals surface area contributed by atoms with Crippen LogP contribution >= 0.6 is 23.2 Å². The van der Waals surface area contributed by atoms with Crippen molar-refractivity contribution in [1.82, 2.24) is 10.2 Å². The normalized spacial score (nSPS) is 12.1. The molecule has 11 heteroatoms. The minimum absolute atomic E-state index is 0.0343. The van der Waals surface area contributed by atoms with E-state index in [0.717, 1.165) is 12.7 Å². The van der Waals surface area contributed by atoms with E-state index in [9.17, 15) is 18.0 Å². The Morgan fingerprint density at radius 3 is 2.47 bits per heavy atom. The number of halogens is 2. The van der Waals surface area contributed by atoms with Crippen LogP contribution in [-0.2, 0) is 26.2 Å². The maximum absolute atomic E-state index is 13.3. The number of amides is 2. The van der Waals surface area contributed by atoms with Gasteiger partial charge < -0.3 is 15.0 Å². The molecule has 0 bridgehead atoms. The number of ether oxygens (including phenoxy) is 1. The lowest BCUT2D eigenvalue weighted by Crippen LogP contribution is -2.48. The van der Waals surface area contributed by atoms with Crippen molar-refractivity contribution in [3.05, 3.63) is 58.1 Å². The van der Waals surface area contributed by atoms with Crippen LogP contribution in [0.3, 0.4) is 0 Å². The highest BCUT2D eigenvalue weighted by atomic mass is 35.5. The molecule has 0 aliphatic heterocycles. The van der Waals surface area contributed by atoms with Crippen molar-refractivity contribution in [2.24, 2.45) is 0 Å². The number of anilines is 1. The third-order valence-electron chi connectivity index (χ3n) is 5.57. The van der Waals surface area contributed by atoms with Crippen LogP contribution in [0.25, 0.3) is 0 Å². The molecule has 36 heavy (non-hydrogen) atoms. The van der Waals surface area contributed by atoms with Crippen molar-refractivity contribution < 1.29 is 22.7 Å². The average Bonchev–Trinajstić information content (AvgIpc) is 2.83. The van der Waals surface area contributed by atoms with E-state index in [2.05, 4.69) is 5.32 Å². The van der Waals surface area contributed by atoms with E-state index in [4.69, 9.17) is 27.9 Å². The Bertz CT molecular complexity index is 1160. The molecule has 1 atom stereocenters. The number of hydrogen-bond donors (Lipinski definition) is 1. The highest BCUT2D eigenvalue weighted by Gasteiger charge is 2.27. The lowest BCUT2D eigenvalue weighted by Gasteiger charge is -2.29. The molecule has 0 fully saturated rings. The van der Waals surface area contributed by atoms with Gasteiger partial charge >= 0.3 is 0 Å². The number of hydrogen-bond acceptors (Lipinski definition) is 5. The van der Waals surface area contributed by atoms with Gasteiger partial charge in [0.05, 0.1) is 19.1 Å². The van der Waals surface area contributed by atoms with E-state index in [0.29, 0.717) is 33.6 Å². The fourth-order valence-electron chi connectivity index (χ4n) is 3.58. The first-order valence-electron chi connectivity index (χ1n) is 11.6. The lowest BCUT2D eigenvalue weighted by molar-refractivity contribution is -0.140. The molecule has 0 radical (unpaired) electrons. The second-order valence-electron chi connectivity index (χ2n) is 8.36. The Morgan fingerprint density at radius 2 is 1.86 bits per heavy atom. The molecule has 0 aliphatic carbocycles. The lowest BCUT2D eigenvalue weighted by atomic mass is 10.1. The van der Waals surface area contributed by atoms with Gasteiger partial charge in [0.15, 0.2) is 0 Å². The zero-order valence-corrected chi connectivity index (χ0v) is 23.3. The molecule has 2 rings (SSSR count). The van der Waals surface area contributed by atoms with Crippen LogP contribution in [0, 0.1) is 0 Å². The number of sulfonamides is 1. The van der Waals surface area contributed by atoms with E-state index in [1.54, 1.807) is 49.4 Å². The Kier molecular flexibility index (Phi) is 11.3. The van der Waals surface area contributed by atoms with Crippen molar-refractivity contribution in [3.63, 3.8) is 0 Å². The summed E-state index contributed by atoms with van der Waals surface area (Å²) in [5, 5.41) is 3.68. The third kappa shape index (κ3) is 8.57. The summed E-state index contributed by atoms with van der Waals surface area (Å²) in [5.41, 5.74) is 1.10. The Labute approximate surface area is 223 Å². The topological polar surface area (TPSA) is 96.0 Å². The number of carbonyl (C=O) groups excluding carboxylic acids is 2. The van der Waals surface area contributed by atoms with Gasteiger partial charge in [0, 0.05) is 42.2 Å². The van der Waals surface area contributed by atoms with Crippen LogP contribution in [0.15, 0.2) is 42.5 Å². The highest BCUT2D eigenvalue weighted by molar-refractivity contribution is 7.92. The highest BCUT2D eigenvalue weighted by Crippen LogP contribution is 2.25. The van der Waals surface area contributed by atoms with Crippen molar-refractivity contribution in [2.75, 3.05) is 30.8 Å². The first-order chi connectivity index (χ1) is 17.0. The number of carbonyl (C=O) groups is 2. The molecule has 2 aromatic carbocycles. The maximum Gasteiger partial charge on any atom is 0.242 e. The number of benzene rings is 2. The van der Waals surface area contributed by atoms with E-state index < -0.39 is 16.1 Å². The summed E-state index contributed by atoms with van der Waals surface area (Å²) in [6.07, 6.45) is 2.16. The number of nitrogens with one attached hydrogen (secondary N) is 1. The zero-order chi connectivity index (χ0) is 26.9. The predicted molar refractivity (Wildman–Crippen MR) is 144 cm³/mol. The molecule has 2 amide bonds. The Balaban J connectivity index is 2.20. The van der Waals surface area contributed by atoms with Crippen LogP contribution in [0.1, 0.15) is 38.7 Å². The Hall–Kier alpha value is -2.49. The standard InChI is InChI=1S/C25H33Cl2N3O5S/c1-5-13-28-25(32)18(2)29(17-19-11-12-20(26)15-23(19)27)24(31)10-7-14-30(36(4,33)34)21-8-6-9-22(16-21)35-3/h6,8-9,11-12,15-16,18H,5,7,10,13-14,17H2,1-4H3,(H,28,32)/t18-/m1/s1. The van der Waals surface area contributed by atoms with Gasteiger partial charge in [-0.3, -0.25) is 13.9 Å². The SMILES string of the molecule is CCCNC(=O)[C@@H](C)N(Cc1ccc(Cl)cc1Cl)C(=O)CCCN(c1cccc(OC)c1)S(C)(=O)=O. The summed E-state index contributed by atoms with van der Waals surface area (Å²) in [5.74, 6) is -0.0427. The van der Waals surface area contributed by atoms with Crippen LogP contribution in [0.2, 0.25) is 10.0 Å². The molecule has 198 valence electrons. The zero-order valence-electron chi connectivity index (χ0n) is 21.0.